The van der Waals surface area contributed by atoms with E-state index in [0.717, 1.165) is 22.0 Å². The minimum Gasteiger partial charge on any atom is -0.444 e. The highest BCUT2D eigenvalue weighted by molar-refractivity contribution is 6.15. The second-order valence-electron chi connectivity index (χ2n) is 6.75. The van der Waals surface area contributed by atoms with Crippen LogP contribution in [0.3, 0.4) is 0 Å². The van der Waals surface area contributed by atoms with Gasteiger partial charge in [0.1, 0.15) is 17.2 Å². The largest absolute Gasteiger partial charge is 0.444 e. The zero-order chi connectivity index (χ0) is 18.8. The van der Waals surface area contributed by atoms with Gasteiger partial charge in [-0.05, 0) is 22.9 Å². The number of ether oxygens (including phenoxy) is 1. The molecule has 2 N–H and O–H groups in total. The quantitative estimate of drug-likeness (QED) is 0.673. The van der Waals surface area contributed by atoms with E-state index >= 15 is 0 Å². The average molecular weight is 353 g/mol. The molecule has 2 heterocycles. The number of amides is 1. The van der Waals surface area contributed by atoms with Gasteiger partial charge in [0, 0.05) is 23.9 Å². The molecule has 1 amide bonds. The Labute approximate surface area is 155 Å². The maximum atomic E-state index is 13.7. The predicted octanol–water partition coefficient (Wildman–Crippen LogP) is 3.19. The Morgan fingerprint density at radius 2 is 1.81 bits per heavy atom. The van der Waals surface area contributed by atoms with Crippen molar-refractivity contribution in [2.45, 2.75) is 5.41 Å². The van der Waals surface area contributed by atoms with Crippen molar-refractivity contribution in [3.8, 4) is 11.8 Å². The number of hydrogen-bond acceptors (Lipinski definition) is 4. The van der Waals surface area contributed by atoms with Crippen LogP contribution in [-0.4, -0.2) is 13.0 Å². The highest BCUT2D eigenvalue weighted by Gasteiger charge is 2.58. The third-order valence-corrected chi connectivity index (χ3v) is 5.52. The summed E-state index contributed by atoms with van der Waals surface area (Å²) in [4.78, 5) is 15.3. The first-order chi connectivity index (χ1) is 13.1. The molecule has 1 spiro atoms. The molecule has 0 fully saturated rings. The van der Waals surface area contributed by atoms with Gasteiger partial charge in [-0.2, -0.15) is 5.26 Å². The van der Waals surface area contributed by atoms with Gasteiger partial charge in [-0.3, -0.25) is 4.79 Å². The van der Waals surface area contributed by atoms with Crippen LogP contribution >= 0.6 is 0 Å². The molecule has 5 rings (SSSR count). The van der Waals surface area contributed by atoms with Gasteiger partial charge in [-0.1, -0.05) is 48.5 Å². The predicted molar refractivity (Wildman–Crippen MR) is 102 cm³/mol. The van der Waals surface area contributed by atoms with Gasteiger partial charge in [-0.25, -0.2) is 0 Å². The summed E-state index contributed by atoms with van der Waals surface area (Å²) in [6.45, 7) is 0. The van der Waals surface area contributed by atoms with Crippen LogP contribution in [0.2, 0.25) is 0 Å². The second-order valence-corrected chi connectivity index (χ2v) is 6.75. The van der Waals surface area contributed by atoms with E-state index < -0.39 is 5.41 Å². The molecule has 0 saturated heterocycles. The summed E-state index contributed by atoms with van der Waals surface area (Å²) in [5.41, 5.74) is 7.59. The van der Waals surface area contributed by atoms with E-state index in [1.165, 1.54) is 0 Å². The number of carbonyl (C=O) groups is 1. The van der Waals surface area contributed by atoms with E-state index in [-0.39, 0.29) is 17.4 Å². The molecule has 0 bridgehead atoms. The first-order valence-corrected chi connectivity index (χ1v) is 8.58. The zero-order valence-electron chi connectivity index (χ0n) is 14.6. The zero-order valence-corrected chi connectivity index (χ0v) is 14.6. The van der Waals surface area contributed by atoms with Gasteiger partial charge in [0.05, 0.1) is 5.70 Å². The van der Waals surface area contributed by atoms with Gasteiger partial charge < -0.3 is 15.4 Å². The monoisotopic (exact) mass is 353 g/mol. The van der Waals surface area contributed by atoms with Crippen molar-refractivity contribution in [2.75, 3.05) is 11.9 Å². The maximum absolute atomic E-state index is 13.7. The van der Waals surface area contributed by atoms with E-state index in [1.807, 2.05) is 60.7 Å². The molecular weight excluding hydrogens is 338 g/mol. The summed E-state index contributed by atoms with van der Waals surface area (Å²) >= 11 is 0. The van der Waals surface area contributed by atoms with Crippen LogP contribution in [0, 0.1) is 11.3 Å². The summed E-state index contributed by atoms with van der Waals surface area (Å²) in [5, 5.41) is 11.5. The first-order valence-electron chi connectivity index (χ1n) is 8.58. The Hall–Kier alpha value is -3.78. The van der Waals surface area contributed by atoms with Crippen LogP contribution in [0.25, 0.3) is 10.8 Å². The number of fused-ring (bicyclic) bond motifs is 6. The van der Waals surface area contributed by atoms with Gasteiger partial charge in [-0.15, -0.1) is 0 Å². The normalized spacial score (nSPS) is 20.4. The van der Waals surface area contributed by atoms with E-state index in [4.69, 9.17) is 10.5 Å². The number of likely N-dealkylation sites (N-methyl/N-ethyl adjacent to an activating group) is 1. The van der Waals surface area contributed by atoms with Crippen LogP contribution in [0.4, 0.5) is 5.69 Å². The van der Waals surface area contributed by atoms with Crippen LogP contribution < -0.4 is 15.4 Å². The number of carbonyl (C=O) groups excluding carboxylic acids is 1. The van der Waals surface area contributed by atoms with Crippen LogP contribution in [0.15, 0.2) is 72.1 Å². The molecule has 0 aromatic heterocycles. The van der Waals surface area contributed by atoms with Gasteiger partial charge >= 0.3 is 0 Å². The molecule has 1 unspecified atom stereocenters. The minimum atomic E-state index is -1.27. The minimum absolute atomic E-state index is 0.0313. The smallest absolute Gasteiger partial charge is 0.248 e. The highest BCUT2D eigenvalue weighted by Crippen LogP contribution is 2.55. The lowest BCUT2D eigenvalue weighted by Crippen LogP contribution is -2.46. The SMILES string of the molecule is CN1C(=O)C2(C(N)=C(C#N)Oc3ccc4ccccc4c32)c2ccccc21. The topological polar surface area (TPSA) is 79.4 Å². The fourth-order valence-electron chi connectivity index (χ4n) is 4.34. The standard InChI is InChI=1S/C22H15N3O2/c1-25-16-9-5-4-8-15(16)22(21(25)26)19-14-7-3-2-6-13(14)10-11-17(19)27-18(12-23)20(22)24/h2-11H,24H2,1H3. The Morgan fingerprint density at radius 1 is 1.07 bits per heavy atom. The average Bonchev–Trinajstić information content (AvgIpc) is 2.93. The number of nitriles is 1. The molecule has 27 heavy (non-hydrogen) atoms. The first kappa shape index (κ1) is 15.5. The number of nitrogens with two attached hydrogens (primary N) is 1. The van der Waals surface area contributed by atoms with Crippen LogP contribution in [0.5, 0.6) is 5.75 Å². The summed E-state index contributed by atoms with van der Waals surface area (Å²) in [6, 6.07) is 21.1. The van der Waals surface area contributed by atoms with Crippen molar-refractivity contribution in [3.63, 3.8) is 0 Å². The number of para-hydroxylation sites is 1. The third-order valence-electron chi connectivity index (χ3n) is 5.52. The summed E-state index contributed by atoms with van der Waals surface area (Å²) in [5.74, 6) is 0.268. The van der Waals surface area contributed by atoms with E-state index in [9.17, 15) is 10.1 Å². The molecular formula is C22H15N3O2. The highest BCUT2D eigenvalue weighted by atomic mass is 16.5. The molecule has 2 aliphatic rings. The Morgan fingerprint density at radius 3 is 2.63 bits per heavy atom. The molecule has 1 atom stereocenters. The number of anilines is 1. The number of rotatable bonds is 0. The molecule has 5 nitrogen and oxygen atoms in total. The molecule has 5 heteroatoms. The van der Waals surface area contributed by atoms with Crippen molar-refractivity contribution < 1.29 is 9.53 Å². The number of allylic oxidation sites excluding steroid dienone is 1. The van der Waals surface area contributed by atoms with Crippen molar-refractivity contribution >= 4 is 22.4 Å². The lowest BCUT2D eigenvalue weighted by atomic mass is 9.69. The molecule has 0 saturated carbocycles. The van der Waals surface area contributed by atoms with Crippen molar-refractivity contribution in [1.29, 1.82) is 5.26 Å². The van der Waals surface area contributed by atoms with Gasteiger partial charge in [0.2, 0.25) is 11.7 Å². The Balaban J connectivity index is 2.02. The van der Waals surface area contributed by atoms with E-state index in [2.05, 4.69) is 0 Å². The molecule has 2 aliphatic heterocycles. The molecule has 0 aliphatic carbocycles. The van der Waals surface area contributed by atoms with E-state index in [1.54, 1.807) is 18.0 Å². The van der Waals surface area contributed by atoms with Crippen molar-refractivity contribution in [3.05, 3.63) is 83.2 Å². The lowest BCUT2D eigenvalue weighted by Gasteiger charge is -2.35. The van der Waals surface area contributed by atoms with Gasteiger partial charge in [0.15, 0.2) is 0 Å². The summed E-state index contributed by atoms with van der Waals surface area (Å²) in [6.07, 6.45) is 0. The fourth-order valence-corrected chi connectivity index (χ4v) is 4.34. The van der Waals surface area contributed by atoms with Gasteiger partial charge in [0.25, 0.3) is 0 Å². The van der Waals surface area contributed by atoms with Crippen LogP contribution in [0.1, 0.15) is 11.1 Å². The van der Waals surface area contributed by atoms with Crippen molar-refractivity contribution in [1.82, 2.24) is 0 Å². The molecule has 3 aromatic carbocycles. The number of hydrogen-bond donors (Lipinski definition) is 1. The summed E-state index contributed by atoms with van der Waals surface area (Å²) < 4.78 is 5.81. The second kappa shape index (κ2) is 5.12. The lowest BCUT2D eigenvalue weighted by molar-refractivity contribution is -0.120. The Kier molecular flexibility index (Phi) is 2.93. The number of nitrogens with zero attached hydrogens (tertiary/aromatic N) is 2. The van der Waals surface area contributed by atoms with Crippen molar-refractivity contribution in [2.24, 2.45) is 5.73 Å². The fraction of sp³-hybridized carbons (Fsp3) is 0.0909. The number of benzene rings is 3. The molecule has 3 aromatic rings. The third kappa shape index (κ3) is 1.69. The van der Waals surface area contributed by atoms with E-state index in [0.29, 0.717) is 11.3 Å². The van der Waals surface area contributed by atoms with Crippen LogP contribution in [-0.2, 0) is 10.2 Å². The molecule has 0 radical (unpaired) electrons. The Bertz CT molecular complexity index is 1220. The summed E-state index contributed by atoms with van der Waals surface area (Å²) in [7, 11) is 1.73. The maximum Gasteiger partial charge on any atom is 0.248 e. The molecule has 130 valence electrons.